The van der Waals surface area contributed by atoms with Gasteiger partial charge in [-0.2, -0.15) is 0 Å². The van der Waals surface area contributed by atoms with Gasteiger partial charge in [0.15, 0.2) is 0 Å². The average Bonchev–Trinajstić information content (AvgIpc) is 2.86. The Bertz CT molecular complexity index is 731. The van der Waals surface area contributed by atoms with Crippen molar-refractivity contribution in [3.8, 4) is 0 Å². The molecule has 3 aromatic rings. The molecule has 0 spiro atoms. The summed E-state index contributed by atoms with van der Waals surface area (Å²) in [5.41, 5.74) is 2.59. The number of furan rings is 1. The van der Waals surface area contributed by atoms with Gasteiger partial charge in [-0.05, 0) is 36.7 Å². The van der Waals surface area contributed by atoms with Crippen LogP contribution in [-0.2, 0) is 13.0 Å². The van der Waals surface area contributed by atoms with Crippen molar-refractivity contribution >= 4 is 11.0 Å². The lowest BCUT2D eigenvalue weighted by Crippen LogP contribution is -2.16. The maximum atomic E-state index is 13.1. The van der Waals surface area contributed by atoms with Crippen molar-refractivity contribution in [2.45, 2.75) is 13.0 Å². The molecule has 21 heavy (non-hydrogen) atoms. The first kappa shape index (κ1) is 13.8. The fourth-order valence-corrected chi connectivity index (χ4v) is 2.38. The number of nitrogens with one attached hydrogen (secondary N) is 1. The molecule has 0 saturated carbocycles. The van der Waals surface area contributed by atoms with Crippen LogP contribution in [0.1, 0.15) is 11.1 Å². The van der Waals surface area contributed by atoms with Crippen molar-refractivity contribution in [1.82, 2.24) is 5.32 Å². The number of rotatable bonds is 5. The zero-order valence-corrected chi connectivity index (χ0v) is 11.4. The molecule has 0 aliphatic carbocycles. The average molecular weight is 287 g/mol. The predicted octanol–water partition coefficient (Wildman–Crippen LogP) is 4.04. The maximum Gasteiger partial charge on any atom is 0.134 e. The van der Waals surface area contributed by atoms with E-state index in [2.05, 4.69) is 5.32 Å². The summed E-state index contributed by atoms with van der Waals surface area (Å²) in [6.45, 7) is 1.30. The minimum Gasteiger partial charge on any atom is -0.464 e. The molecule has 4 heteroatoms. The van der Waals surface area contributed by atoms with E-state index < -0.39 is 11.6 Å². The Morgan fingerprint density at radius 1 is 1.00 bits per heavy atom. The van der Waals surface area contributed by atoms with Crippen LogP contribution in [0.2, 0.25) is 0 Å². The highest BCUT2D eigenvalue weighted by molar-refractivity contribution is 5.80. The predicted molar refractivity (Wildman–Crippen MR) is 78.0 cm³/mol. The molecule has 0 atom stereocenters. The second kappa shape index (κ2) is 6.06. The zero-order valence-electron chi connectivity index (χ0n) is 11.4. The quantitative estimate of drug-likeness (QED) is 0.716. The van der Waals surface area contributed by atoms with Gasteiger partial charge in [0.2, 0.25) is 0 Å². The molecule has 0 aliphatic heterocycles. The van der Waals surface area contributed by atoms with Crippen LogP contribution in [0.5, 0.6) is 0 Å². The summed E-state index contributed by atoms with van der Waals surface area (Å²) in [4.78, 5) is 0. The molecule has 2 aromatic carbocycles. The first-order valence-corrected chi connectivity index (χ1v) is 6.83. The molecule has 0 amide bonds. The summed E-state index contributed by atoms with van der Waals surface area (Å²) in [6.07, 6.45) is 2.31. The lowest BCUT2D eigenvalue weighted by Gasteiger charge is -2.04. The Labute approximate surface area is 121 Å². The van der Waals surface area contributed by atoms with E-state index in [4.69, 9.17) is 4.42 Å². The molecule has 1 N–H and O–H groups in total. The van der Waals surface area contributed by atoms with Gasteiger partial charge in [0, 0.05) is 23.6 Å². The fraction of sp³-hybridized carbons (Fsp3) is 0.176. The molecule has 1 heterocycles. The molecule has 2 nitrogen and oxygen atoms in total. The summed E-state index contributed by atoms with van der Waals surface area (Å²) in [6, 6.07) is 11.4. The molecule has 0 unspecified atom stereocenters. The van der Waals surface area contributed by atoms with Gasteiger partial charge in [0.1, 0.15) is 17.2 Å². The number of para-hydroxylation sites is 1. The first-order chi connectivity index (χ1) is 10.2. The third-order valence-corrected chi connectivity index (χ3v) is 3.39. The van der Waals surface area contributed by atoms with Crippen LogP contribution in [0.4, 0.5) is 8.78 Å². The third kappa shape index (κ3) is 3.28. The lowest BCUT2D eigenvalue weighted by molar-refractivity contribution is 0.577. The topological polar surface area (TPSA) is 25.2 Å². The van der Waals surface area contributed by atoms with E-state index in [1.54, 1.807) is 6.26 Å². The molecule has 0 fully saturated rings. The van der Waals surface area contributed by atoms with E-state index in [0.717, 1.165) is 22.6 Å². The summed E-state index contributed by atoms with van der Waals surface area (Å²) in [5.74, 6) is -1.07. The molecule has 0 radical (unpaired) electrons. The van der Waals surface area contributed by atoms with Crippen LogP contribution in [0.15, 0.2) is 53.1 Å². The van der Waals surface area contributed by atoms with Crippen molar-refractivity contribution in [2.24, 2.45) is 0 Å². The summed E-state index contributed by atoms with van der Waals surface area (Å²) >= 11 is 0. The Morgan fingerprint density at radius 2 is 1.76 bits per heavy atom. The number of fused-ring (bicyclic) bond motifs is 1. The van der Waals surface area contributed by atoms with Gasteiger partial charge < -0.3 is 9.73 Å². The molecular weight excluding hydrogens is 272 g/mol. The first-order valence-electron chi connectivity index (χ1n) is 6.83. The Balaban J connectivity index is 1.56. The van der Waals surface area contributed by atoms with Gasteiger partial charge in [-0.25, -0.2) is 8.78 Å². The van der Waals surface area contributed by atoms with Gasteiger partial charge >= 0.3 is 0 Å². The highest BCUT2D eigenvalue weighted by Gasteiger charge is 2.04. The number of benzene rings is 2. The Morgan fingerprint density at radius 3 is 2.57 bits per heavy atom. The number of halogens is 2. The normalized spacial score (nSPS) is 11.1. The molecular formula is C17H15F2NO. The number of hydrogen-bond acceptors (Lipinski definition) is 2. The van der Waals surface area contributed by atoms with Crippen molar-refractivity contribution in [3.05, 3.63) is 71.5 Å². The Hall–Kier alpha value is -2.20. The standard InChI is InChI=1S/C17H15F2NO/c18-14-7-12(8-15(19)9-14)5-6-20-10-13-11-21-17-4-2-1-3-16(13)17/h1-4,7-9,11,20H,5-6,10H2. The Kier molecular flexibility index (Phi) is 3.97. The third-order valence-electron chi connectivity index (χ3n) is 3.39. The summed E-state index contributed by atoms with van der Waals surface area (Å²) < 4.78 is 31.6. The van der Waals surface area contributed by atoms with Gasteiger partial charge in [-0.1, -0.05) is 18.2 Å². The molecule has 3 rings (SSSR count). The van der Waals surface area contributed by atoms with E-state index in [1.165, 1.54) is 12.1 Å². The highest BCUT2D eigenvalue weighted by atomic mass is 19.1. The van der Waals surface area contributed by atoms with Crippen LogP contribution < -0.4 is 5.32 Å². The zero-order chi connectivity index (χ0) is 14.7. The summed E-state index contributed by atoms with van der Waals surface area (Å²) in [5, 5.41) is 4.35. The largest absolute Gasteiger partial charge is 0.464 e. The van der Waals surface area contributed by atoms with E-state index in [1.807, 2.05) is 24.3 Å². The molecule has 0 bridgehead atoms. The fourth-order valence-electron chi connectivity index (χ4n) is 2.38. The van der Waals surface area contributed by atoms with E-state index in [9.17, 15) is 8.78 Å². The van der Waals surface area contributed by atoms with Crippen LogP contribution in [0, 0.1) is 11.6 Å². The van der Waals surface area contributed by atoms with Crippen LogP contribution in [0.25, 0.3) is 11.0 Å². The van der Waals surface area contributed by atoms with Crippen LogP contribution >= 0.6 is 0 Å². The minimum absolute atomic E-state index is 0.536. The van der Waals surface area contributed by atoms with Crippen molar-refractivity contribution in [2.75, 3.05) is 6.54 Å². The van der Waals surface area contributed by atoms with Crippen molar-refractivity contribution < 1.29 is 13.2 Å². The minimum atomic E-state index is -0.536. The van der Waals surface area contributed by atoms with Crippen LogP contribution in [-0.4, -0.2) is 6.54 Å². The smallest absolute Gasteiger partial charge is 0.134 e. The number of hydrogen-bond donors (Lipinski definition) is 1. The summed E-state index contributed by atoms with van der Waals surface area (Å²) in [7, 11) is 0. The molecule has 108 valence electrons. The lowest BCUT2D eigenvalue weighted by atomic mass is 10.1. The van der Waals surface area contributed by atoms with E-state index in [-0.39, 0.29) is 0 Å². The molecule has 0 saturated heterocycles. The van der Waals surface area contributed by atoms with Gasteiger partial charge in [-0.15, -0.1) is 0 Å². The van der Waals surface area contributed by atoms with Gasteiger partial charge in [-0.3, -0.25) is 0 Å². The van der Waals surface area contributed by atoms with Crippen LogP contribution in [0.3, 0.4) is 0 Å². The highest BCUT2D eigenvalue weighted by Crippen LogP contribution is 2.20. The maximum absolute atomic E-state index is 13.1. The monoisotopic (exact) mass is 287 g/mol. The molecule has 1 aromatic heterocycles. The van der Waals surface area contributed by atoms with Gasteiger partial charge in [0.25, 0.3) is 0 Å². The second-order valence-corrected chi connectivity index (χ2v) is 4.96. The van der Waals surface area contributed by atoms with Crippen molar-refractivity contribution in [3.63, 3.8) is 0 Å². The van der Waals surface area contributed by atoms with E-state index in [0.29, 0.717) is 25.1 Å². The van der Waals surface area contributed by atoms with Gasteiger partial charge in [0.05, 0.1) is 6.26 Å². The van der Waals surface area contributed by atoms with Crippen molar-refractivity contribution in [1.29, 1.82) is 0 Å². The molecule has 0 aliphatic rings. The SMILES string of the molecule is Fc1cc(F)cc(CCNCc2coc3ccccc23)c1. The van der Waals surface area contributed by atoms with E-state index >= 15 is 0 Å². The second-order valence-electron chi connectivity index (χ2n) is 4.96.